The Morgan fingerprint density at radius 3 is 2.84 bits per heavy atom. The molecule has 3 rings (SSSR count). The van der Waals surface area contributed by atoms with Crippen LogP contribution in [0.15, 0.2) is 35.5 Å². The molecule has 0 unspecified atom stereocenters. The Morgan fingerprint density at radius 1 is 1.36 bits per heavy atom. The highest BCUT2D eigenvalue weighted by atomic mass is 35.5. The van der Waals surface area contributed by atoms with Crippen LogP contribution in [0.3, 0.4) is 0 Å². The van der Waals surface area contributed by atoms with Crippen molar-refractivity contribution >= 4 is 43.8 Å². The molecule has 1 aliphatic heterocycles. The number of anilines is 1. The molecule has 0 spiro atoms. The van der Waals surface area contributed by atoms with Crippen molar-refractivity contribution in [3.63, 3.8) is 0 Å². The van der Waals surface area contributed by atoms with Gasteiger partial charge in [-0.2, -0.15) is 0 Å². The molecule has 0 atom stereocenters. The van der Waals surface area contributed by atoms with E-state index < -0.39 is 27.3 Å². The van der Waals surface area contributed by atoms with Crippen LogP contribution in [0, 0.1) is 12.7 Å². The largest absolute Gasteiger partial charge is 0.325 e. The summed E-state index contributed by atoms with van der Waals surface area (Å²) in [6, 6.07) is 5.67. The zero-order valence-electron chi connectivity index (χ0n) is 13.1. The Kier molecular flexibility index (Phi) is 4.57. The normalized spacial score (nSPS) is 13.3. The summed E-state index contributed by atoms with van der Waals surface area (Å²) in [6.07, 6.45) is 1.45. The number of carbonyl (C=O) groups is 1. The molecular weight excluding hydrogens is 369 g/mol. The van der Waals surface area contributed by atoms with Crippen LogP contribution in [0.4, 0.5) is 15.8 Å². The van der Waals surface area contributed by atoms with Crippen molar-refractivity contribution in [1.29, 1.82) is 0 Å². The summed E-state index contributed by atoms with van der Waals surface area (Å²) in [5.41, 5.74) is 1.68. The number of carbonyl (C=O) groups excluding carboxylic acids is 1. The lowest BCUT2D eigenvalue weighted by atomic mass is 10.2. The summed E-state index contributed by atoms with van der Waals surface area (Å²) < 4.78 is 38.3. The maximum Gasteiger partial charge on any atom is 0.240 e. The average Bonchev–Trinajstić information content (AvgIpc) is 2.94. The monoisotopic (exact) mass is 381 g/mol. The third-order valence-corrected chi connectivity index (χ3v) is 5.46. The van der Waals surface area contributed by atoms with E-state index in [4.69, 9.17) is 11.6 Å². The van der Waals surface area contributed by atoms with Crippen LogP contribution < -0.4 is 5.32 Å². The SMILES string of the molecule is Cc1ccc(NC(=O)CS(=O)(=O)C2=Nc3cnc(Cl)cc3C2)cc1F. The number of aliphatic imine (C=N–C) groups is 1. The highest BCUT2D eigenvalue weighted by Crippen LogP contribution is 2.29. The molecule has 6 nitrogen and oxygen atoms in total. The first kappa shape index (κ1) is 17.5. The summed E-state index contributed by atoms with van der Waals surface area (Å²) in [4.78, 5) is 19.9. The highest BCUT2D eigenvalue weighted by Gasteiger charge is 2.28. The summed E-state index contributed by atoms with van der Waals surface area (Å²) in [6.45, 7) is 1.59. The van der Waals surface area contributed by atoms with E-state index in [0.717, 1.165) is 6.07 Å². The van der Waals surface area contributed by atoms with Gasteiger partial charge in [0, 0.05) is 12.1 Å². The molecule has 1 aromatic carbocycles. The molecule has 130 valence electrons. The van der Waals surface area contributed by atoms with Gasteiger partial charge in [0.2, 0.25) is 15.7 Å². The number of sulfone groups is 1. The number of nitrogens with one attached hydrogen (secondary N) is 1. The maximum absolute atomic E-state index is 13.5. The summed E-state index contributed by atoms with van der Waals surface area (Å²) in [5.74, 6) is -2.03. The molecule has 0 bridgehead atoms. The molecule has 2 aromatic rings. The first-order valence-corrected chi connectivity index (χ1v) is 9.28. The zero-order chi connectivity index (χ0) is 18.2. The molecule has 0 aliphatic carbocycles. The fourth-order valence-corrected chi connectivity index (χ4v) is 3.72. The zero-order valence-corrected chi connectivity index (χ0v) is 14.7. The van der Waals surface area contributed by atoms with Crippen LogP contribution in [0.25, 0.3) is 0 Å². The number of fused-ring (bicyclic) bond motifs is 1. The van der Waals surface area contributed by atoms with Crippen molar-refractivity contribution in [1.82, 2.24) is 4.98 Å². The number of amides is 1. The third-order valence-electron chi connectivity index (χ3n) is 3.66. The third kappa shape index (κ3) is 3.85. The van der Waals surface area contributed by atoms with Gasteiger partial charge >= 0.3 is 0 Å². The summed E-state index contributed by atoms with van der Waals surface area (Å²) in [7, 11) is -3.90. The van der Waals surface area contributed by atoms with Crippen molar-refractivity contribution < 1.29 is 17.6 Å². The van der Waals surface area contributed by atoms with Gasteiger partial charge in [-0.25, -0.2) is 22.8 Å². The Balaban J connectivity index is 1.72. The second-order valence-electron chi connectivity index (χ2n) is 5.59. The molecule has 1 aliphatic rings. The average molecular weight is 382 g/mol. The van der Waals surface area contributed by atoms with Gasteiger partial charge < -0.3 is 5.32 Å². The number of aryl methyl sites for hydroxylation is 1. The Bertz CT molecular complexity index is 1010. The molecule has 0 saturated carbocycles. The smallest absolute Gasteiger partial charge is 0.240 e. The minimum atomic E-state index is -3.90. The molecule has 1 aromatic heterocycles. The van der Waals surface area contributed by atoms with E-state index in [1.54, 1.807) is 6.92 Å². The second kappa shape index (κ2) is 6.53. The number of aromatic nitrogens is 1. The number of halogens is 2. The predicted molar refractivity (Wildman–Crippen MR) is 93.6 cm³/mol. The summed E-state index contributed by atoms with van der Waals surface area (Å²) in [5, 5.41) is 2.50. The van der Waals surface area contributed by atoms with E-state index in [-0.39, 0.29) is 22.3 Å². The van der Waals surface area contributed by atoms with Crippen LogP contribution in [-0.2, 0) is 21.1 Å². The number of benzene rings is 1. The predicted octanol–water partition coefficient (Wildman–Crippen LogP) is 2.82. The molecule has 0 fully saturated rings. The van der Waals surface area contributed by atoms with E-state index in [0.29, 0.717) is 16.8 Å². The van der Waals surface area contributed by atoms with Gasteiger partial charge in [-0.3, -0.25) is 4.79 Å². The van der Waals surface area contributed by atoms with Gasteiger partial charge in [0.1, 0.15) is 21.8 Å². The number of nitrogens with zero attached hydrogens (tertiary/aromatic N) is 2. The first-order valence-electron chi connectivity index (χ1n) is 7.25. The maximum atomic E-state index is 13.5. The van der Waals surface area contributed by atoms with Crippen molar-refractivity contribution in [2.75, 3.05) is 11.1 Å². The molecule has 2 heterocycles. The fraction of sp³-hybridized carbons (Fsp3) is 0.188. The Hall–Kier alpha value is -2.32. The quantitative estimate of drug-likeness (QED) is 0.828. The summed E-state index contributed by atoms with van der Waals surface area (Å²) >= 11 is 5.78. The minimum Gasteiger partial charge on any atom is -0.325 e. The van der Waals surface area contributed by atoms with Crippen molar-refractivity contribution in [3.8, 4) is 0 Å². The van der Waals surface area contributed by atoms with E-state index in [1.807, 2.05) is 0 Å². The second-order valence-corrected chi connectivity index (χ2v) is 7.97. The van der Waals surface area contributed by atoms with Crippen LogP contribution in [0.5, 0.6) is 0 Å². The Morgan fingerprint density at radius 2 is 2.12 bits per heavy atom. The number of pyridine rings is 1. The lowest BCUT2D eigenvalue weighted by Crippen LogP contribution is -2.28. The Labute approximate surface area is 148 Å². The molecule has 0 saturated heterocycles. The van der Waals surface area contributed by atoms with E-state index in [2.05, 4.69) is 15.3 Å². The molecule has 25 heavy (non-hydrogen) atoms. The van der Waals surface area contributed by atoms with Crippen LogP contribution in [0.2, 0.25) is 5.15 Å². The van der Waals surface area contributed by atoms with Gasteiger partial charge in [-0.05, 0) is 36.2 Å². The van der Waals surface area contributed by atoms with Crippen molar-refractivity contribution in [3.05, 3.63) is 52.6 Å². The van der Waals surface area contributed by atoms with Gasteiger partial charge in [-0.1, -0.05) is 17.7 Å². The molecule has 1 N–H and O–H groups in total. The lowest BCUT2D eigenvalue weighted by molar-refractivity contribution is -0.113. The molecular formula is C16H13ClFN3O3S. The van der Waals surface area contributed by atoms with Crippen LogP contribution in [0.1, 0.15) is 11.1 Å². The molecule has 9 heteroatoms. The van der Waals surface area contributed by atoms with E-state index in [9.17, 15) is 17.6 Å². The lowest BCUT2D eigenvalue weighted by Gasteiger charge is -2.07. The molecule has 0 radical (unpaired) electrons. The van der Waals surface area contributed by atoms with Gasteiger partial charge in [0.15, 0.2) is 0 Å². The molecule has 1 amide bonds. The van der Waals surface area contributed by atoms with Gasteiger partial charge in [0.05, 0.1) is 11.9 Å². The minimum absolute atomic E-state index is 0.0619. The fourth-order valence-electron chi connectivity index (χ4n) is 2.34. The number of hydrogen-bond donors (Lipinski definition) is 1. The van der Waals surface area contributed by atoms with Gasteiger partial charge in [0.25, 0.3) is 0 Å². The van der Waals surface area contributed by atoms with E-state index >= 15 is 0 Å². The van der Waals surface area contributed by atoms with Crippen molar-refractivity contribution in [2.45, 2.75) is 13.3 Å². The van der Waals surface area contributed by atoms with E-state index in [1.165, 1.54) is 24.4 Å². The van der Waals surface area contributed by atoms with Gasteiger partial charge in [-0.15, -0.1) is 0 Å². The first-order chi connectivity index (χ1) is 11.7. The highest BCUT2D eigenvalue weighted by molar-refractivity contribution is 8.07. The number of hydrogen-bond acceptors (Lipinski definition) is 5. The topological polar surface area (TPSA) is 88.5 Å². The van der Waals surface area contributed by atoms with Crippen LogP contribution >= 0.6 is 11.6 Å². The van der Waals surface area contributed by atoms with Crippen LogP contribution in [-0.4, -0.2) is 30.1 Å². The van der Waals surface area contributed by atoms with Crippen molar-refractivity contribution in [2.24, 2.45) is 4.99 Å². The number of rotatable bonds is 3. The standard InChI is InChI=1S/C16H13ClFN3O3S/c1-9-2-3-11(6-12(9)18)20-15(22)8-25(23,24)16-5-10-4-14(17)19-7-13(10)21-16/h2-4,6-7H,5,8H2,1H3,(H,20,22).